The normalized spacial score (nSPS) is 10.7. The van der Waals surface area contributed by atoms with Gasteiger partial charge in [-0.3, -0.25) is 0 Å². The highest BCUT2D eigenvalue weighted by molar-refractivity contribution is 5.27. The lowest BCUT2D eigenvalue weighted by Crippen LogP contribution is -2.06. The smallest absolute Gasteiger partial charge is 0.213 e. The Kier molecular flexibility index (Phi) is 7.44. The molecular weight excluding hydrogens is 286 g/mol. The Morgan fingerprint density at radius 2 is 1.65 bits per heavy atom. The number of pyridine rings is 1. The van der Waals surface area contributed by atoms with Gasteiger partial charge in [0.25, 0.3) is 0 Å². The Hall–Kier alpha value is -2.03. The molecule has 0 aliphatic rings. The Morgan fingerprint density at radius 3 is 2.30 bits per heavy atom. The van der Waals surface area contributed by atoms with Crippen molar-refractivity contribution in [3.63, 3.8) is 0 Å². The molecule has 0 aliphatic heterocycles. The summed E-state index contributed by atoms with van der Waals surface area (Å²) in [5.74, 6) is 2.37. The molecule has 0 bridgehead atoms. The minimum absolute atomic E-state index is 0.615. The molecule has 1 aromatic carbocycles. The Bertz CT molecular complexity index is 535. The van der Waals surface area contributed by atoms with Gasteiger partial charge in [0.05, 0.1) is 13.2 Å². The zero-order chi connectivity index (χ0) is 16.3. The molecule has 23 heavy (non-hydrogen) atoms. The van der Waals surface area contributed by atoms with Crippen LogP contribution < -0.4 is 9.47 Å². The van der Waals surface area contributed by atoms with Crippen molar-refractivity contribution in [2.24, 2.45) is 5.92 Å². The van der Waals surface area contributed by atoms with Crippen LogP contribution in [0.15, 0.2) is 48.7 Å². The molecule has 3 nitrogen and oxygen atoms in total. The molecule has 1 heterocycles. The van der Waals surface area contributed by atoms with Gasteiger partial charge in [0.1, 0.15) is 5.75 Å². The van der Waals surface area contributed by atoms with E-state index in [1.807, 2.05) is 18.2 Å². The van der Waals surface area contributed by atoms with Crippen LogP contribution in [0.2, 0.25) is 0 Å². The second-order valence-electron chi connectivity index (χ2n) is 5.75. The Balaban J connectivity index is 1.66. The quantitative estimate of drug-likeness (QED) is 0.584. The second kappa shape index (κ2) is 9.88. The first-order valence-corrected chi connectivity index (χ1v) is 8.57. The molecule has 0 amide bonds. The SMILES string of the molecule is CCC(CC)Cc1ccc(OCCCOc2ccccn2)cc1. The molecule has 0 radical (unpaired) electrons. The highest BCUT2D eigenvalue weighted by Crippen LogP contribution is 2.18. The molecule has 3 heteroatoms. The first-order chi connectivity index (χ1) is 11.3. The van der Waals surface area contributed by atoms with Crippen LogP contribution in [0, 0.1) is 5.92 Å². The van der Waals surface area contributed by atoms with E-state index in [1.54, 1.807) is 6.20 Å². The van der Waals surface area contributed by atoms with Crippen LogP contribution in [-0.4, -0.2) is 18.2 Å². The summed E-state index contributed by atoms with van der Waals surface area (Å²) in [5, 5.41) is 0. The van der Waals surface area contributed by atoms with Gasteiger partial charge in [-0.15, -0.1) is 0 Å². The van der Waals surface area contributed by atoms with Crippen molar-refractivity contribution in [2.75, 3.05) is 13.2 Å². The van der Waals surface area contributed by atoms with Gasteiger partial charge in [0.2, 0.25) is 5.88 Å². The first-order valence-electron chi connectivity index (χ1n) is 8.57. The molecule has 0 fully saturated rings. The molecular formula is C20H27NO2. The minimum atomic E-state index is 0.615. The zero-order valence-electron chi connectivity index (χ0n) is 14.2. The summed E-state index contributed by atoms with van der Waals surface area (Å²) in [6, 6.07) is 14.1. The van der Waals surface area contributed by atoms with Crippen molar-refractivity contribution in [1.29, 1.82) is 0 Å². The summed E-state index contributed by atoms with van der Waals surface area (Å²) in [6.07, 6.45) is 6.21. The number of hydrogen-bond acceptors (Lipinski definition) is 3. The molecule has 2 rings (SSSR count). The molecule has 2 aromatic rings. The van der Waals surface area contributed by atoms with Crippen molar-refractivity contribution < 1.29 is 9.47 Å². The molecule has 0 saturated heterocycles. The van der Waals surface area contributed by atoms with Crippen LogP contribution in [0.3, 0.4) is 0 Å². The average Bonchev–Trinajstić information content (AvgIpc) is 2.61. The van der Waals surface area contributed by atoms with E-state index in [1.165, 1.54) is 18.4 Å². The number of nitrogens with zero attached hydrogens (tertiary/aromatic N) is 1. The highest BCUT2D eigenvalue weighted by atomic mass is 16.5. The van der Waals surface area contributed by atoms with Gasteiger partial charge in [-0.2, -0.15) is 0 Å². The van der Waals surface area contributed by atoms with Crippen molar-refractivity contribution in [2.45, 2.75) is 39.5 Å². The molecule has 0 saturated carbocycles. The van der Waals surface area contributed by atoms with Crippen LogP contribution in [0.25, 0.3) is 0 Å². The molecule has 0 N–H and O–H groups in total. The predicted octanol–water partition coefficient (Wildman–Crippen LogP) is 4.91. The number of ether oxygens (including phenoxy) is 2. The zero-order valence-corrected chi connectivity index (χ0v) is 14.2. The third-order valence-corrected chi connectivity index (χ3v) is 4.05. The predicted molar refractivity (Wildman–Crippen MR) is 94.1 cm³/mol. The maximum Gasteiger partial charge on any atom is 0.213 e. The van der Waals surface area contributed by atoms with E-state index < -0.39 is 0 Å². The number of rotatable bonds is 10. The molecule has 0 atom stereocenters. The third-order valence-electron chi connectivity index (χ3n) is 4.05. The molecule has 1 aromatic heterocycles. The lowest BCUT2D eigenvalue weighted by molar-refractivity contribution is 0.242. The van der Waals surface area contributed by atoms with Crippen LogP contribution in [-0.2, 0) is 6.42 Å². The topological polar surface area (TPSA) is 31.4 Å². The number of hydrogen-bond donors (Lipinski definition) is 0. The molecule has 124 valence electrons. The van der Waals surface area contributed by atoms with Gasteiger partial charge in [-0.05, 0) is 36.1 Å². The summed E-state index contributed by atoms with van der Waals surface area (Å²) in [5.41, 5.74) is 1.39. The van der Waals surface area contributed by atoms with Gasteiger partial charge >= 0.3 is 0 Å². The van der Waals surface area contributed by atoms with E-state index in [2.05, 4.69) is 43.1 Å². The summed E-state index contributed by atoms with van der Waals surface area (Å²) in [4.78, 5) is 4.12. The molecule has 0 unspecified atom stereocenters. The van der Waals surface area contributed by atoms with E-state index in [9.17, 15) is 0 Å². The second-order valence-corrected chi connectivity index (χ2v) is 5.75. The summed E-state index contributed by atoms with van der Waals surface area (Å²) >= 11 is 0. The fourth-order valence-electron chi connectivity index (χ4n) is 2.49. The Morgan fingerprint density at radius 1 is 0.913 bits per heavy atom. The van der Waals surface area contributed by atoms with Crippen molar-refractivity contribution in [1.82, 2.24) is 4.98 Å². The molecule has 0 spiro atoms. The van der Waals surface area contributed by atoms with Crippen LogP contribution in [0.4, 0.5) is 0 Å². The summed E-state index contributed by atoms with van der Waals surface area (Å²) in [6.45, 7) is 5.79. The monoisotopic (exact) mass is 313 g/mol. The van der Waals surface area contributed by atoms with E-state index in [0.717, 1.165) is 24.5 Å². The Labute approximate surface area is 139 Å². The van der Waals surface area contributed by atoms with Crippen molar-refractivity contribution in [3.05, 3.63) is 54.2 Å². The third kappa shape index (κ3) is 6.31. The lowest BCUT2D eigenvalue weighted by Gasteiger charge is -2.12. The van der Waals surface area contributed by atoms with E-state index in [0.29, 0.717) is 19.1 Å². The van der Waals surface area contributed by atoms with Gasteiger partial charge in [0, 0.05) is 18.7 Å². The minimum Gasteiger partial charge on any atom is -0.493 e. The van der Waals surface area contributed by atoms with Crippen LogP contribution in [0.5, 0.6) is 11.6 Å². The van der Waals surface area contributed by atoms with Gasteiger partial charge in [0.15, 0.2) is 0 Å². The fraction of sp³-hybridized carbons (Fsp3) is 0.450. The van der Waals surface area contributed by atoms with Gasteiger partial charge < -0.3 is 9.47 Å². The van der Waals surface area contributed by atoms with E-state index in [4.69, 9.17) is 9.47 Å². The van der Waals surface area contributed by atoms with Crippen LogP contribution in [0.1, 0.15) is 38.7 Å². The fourth-order valence-corrected chi connectivity index (χ4v) is 2.49. The summed E-state index contributed by atoms with van der Waals surface area (Å²) in [7, 11) is 0. The number of benzene rings is 1. The number of aromatic nitrogens is 1. The largest absolute Gasteiger partial charge is 0.493 e. The lowest BCUT2D eigenvalue weighted by atomic mass is 9.95. The van der Waals surface area contributed by atoms with Gasteiger partial charge in [-0.25, -0.2) is 4.98 Å². The van der Waals surface area contributed by atoms with Crippen molar-refractivity contribution >= 4 is 0 Å². The average molecular weight is 313 g/mol. The van der Waals surface area contributed by atoms with Crippen LogP contribution >= 0.6 is 0 Å². The summed E-state index contributed by atoms with van der Waals surface area (Å²) < 4.78 is 11.3. The van der Waals surface area contributed by atoms with E-state index in [-0.39, 0.29) is 0 Å². The standard InChI is InChI=1S/C20H27NO2/c1-3-17(4-2)16-18-9-11-19(12-10-18)22-14-7-15-23-20-8-5-6-13-21-20/h5-6,8-13,17H,3-4,7,14-16H2,1-2H3. The molecule has 0 aliphatic carbocycles. The van der Waals surface area contributed by atoms with E-state index >= 15 is 0 Å². The first kappa shape index (κ1) is 17.3. The maximum atomic E-state index is 5.76. The van der Waals surface area contributed by atoms with Gasteiger partial charge in [-0.1, -0.05) is 44.9 Å². The maximum absolute atomic E-state index is 5.76. The van der Waals surface area contributed by atoms with Crippen molar-refractivity contribution in [3.8, 4) is 11.6 Å². The highest BCUT2D eigenvalue weighted by Gasteiger charge is 2.05.